The fourth-order valence-electron chi connectivity index (χ4n) is 1.20. The summed E-state index contributed by atoms with van der Waals surface area (Å²) in [6.45, 7) is 0. The Balaban J connectivity index is 3.00. The predicted molar refractivity (Wildman–Crippen MR) is 69.4 cm³/mol. The maximum absolute atomic E-state index is 13.4. The lowest BCUT2D eigenvalue weighted by Crippen LogP contribution is -1.89. The third-order valence-corrected chi connectivity index (χ3v) is 4.05. The molecule has 0 aliphatic carbocycles. The summed E-state index contributed by atoms with van der Waals surface area (Å²) in [5.74, 6) is -0.670. The van der Waals surface area contributed by atoms with Crippen molar-refractivity contribution in [3.63, 3.8) is 0 Å². The average Bonchev–Trinajstić information content (AvgIpc) is 2.20. The van der Waals surface area contributed by atoms with E-state index < -0.39 is 5.82 Å². The fourth-order valence-corrected chi connectivity index (χ4v) is 2.43. The van der Waals surface area contributed by atoms with Crippen LogP contribution in [0.25, 0.3) is 10.9 Å². The summed E-state index contributed by atoms with van der Waals surface area (Å²) >= 11 is 19.5. The molecule has 0 atom stereocenters. The monoisotopic (exact) mass is 375 g/mol. The van der Waals surface area contributed by atoms with Crippen LogP contribution in [-0.2, 0) is 0 Å². The van der Waals surface area contributed by atoms with E-state index in [0.717, 1.165) is 0 Å². The maximum Gasteiger partial charge on any atom is 0.161 e. The van der Waals surface area contributed by atoms with E-state index in [1.54, 1.807) is 6.20 Å². The van der Waals surface area contributed by atoms with Crippen LogP contribution in [0.3, 0.4) is 0 Å². The van der Waals surface area contributed by atoms with E-state index >= 15 is 0 Å². The Morgan fingerprint density at radius 2 is 1.87 bits per heavy atom. The second kappa shape index (κ2) is 4.20. The molecular formula is C9H2Cl3FIN. The highest BCUT2D eigenvalue weighted by molar-refractivity contribution is 14.1. The van der Waals surface area contributed by atoms with Crippen LogP contribution in [0.15, 0.2) is 12.3 Å². The van der Waals surface area contributed by atoms with Crippen molar-refractivity contribution < 1.29 is 4.39 Å². The Labute approximate surface area is 114 Å². The summed E-state index contributed by atoms with van der Waals surface area (Å²) in [7, 11) is 0. The van der Waals surface area contributed by atoms with E-state index in [-0.39, 0.29) is 10.0 Å². The molecule has 0 radical (unpaired) electrons. The molecule has 0 aliphatic rings. The lowest BCUT2D eigenvalue weighted by atomic mass is 10.2. The van der Waals surface area contributed by atoms with Crippen LogP contribution >= 0.6 is 57.4 Å². The van der Waals surface area contributed by atoms with Crippen molar-refractivity contribution >= 4 is 68.3 Å². The van der Waals surface area contributed by atoms with Gasteiger partial charge in [0.15, 0.2) is 5.82 Å². The van der Waals surface area contributed by atoms with Crippen LogP contribution < -0.4 is 0 Å². The summed E-state index contributed by atoms with van der Waals surface area (Å²) in [6, 6.07) is 1.40. The number of rotatable bonds is 0. The highest BCUT2D eigenvalue weighted by Gasteiger charge is 2.15. The average molecular weight is 376 g/mol. The smallest absolute Gasteiger partial charge is 0.161 e. The molecule has 2 rings (SSSR count). The van der Waals surface area contributed by atoms with Crippen molar-refractivity contribution in [2.24, 2.45) is 0 Å². The Kier molecular flexibility index (Phi) is 3.26. The zero-order valence-electron chi connectivity index (χ0n) is 6.99. The molecule has 0 saturated carbocycles. The number of pyridine rings is 1. The number of aromatic nitrogens is 1. The Hall–Kier alpha value is 0.160. The molecule has 1 heterocycles. The number of halogens is 5. The minimum atomic E-state index is -0.670. The van der Waals surface area contributed by atoms with Gasteiger partial charge in [-0.05, 0) is 28.7 Å². The molecule has 1 nitrogen and oxygen atoms in total. The second-order valence-corrected chi connectivity index (χ2v) is 5.13. The van der Waals surface area contributed by atoms with Gasteiger partial charge in [-0.1, -0.05) is 34.8 Å². The number of hydrogen-bond acceptors (Lipinski definition) is 1. The van der Waals surface area contributed by atoms with Gasteiger partial charge in [0.1, 0.15) is 0 Å². The van der Waals surface area contributed by atoms with Crippen molar-refractivity contribution in [3.05, 3.63) is 36.7 Å². The van der Waals surface area contributed by atoms with Crippen LogP contribution in [0.1, 0.15) is 0 Å². The zero-order chi connectivity index (χ0) is 11.2. The predicted octanol–water partition coefficient (Wildman–Crippen LogP) is 4.94. The van der Waals surface area contributed by atoms with Gasteiger partial charge in [0, 0.05) is 11.6 Å². The molecule has 2 aromatic rings. The normalized spacial score (nSPS) is 11.0. The molecule has 0 fully saturated rings. The van der Waals surface area contributed by atoms with Gasteiger partial charge in [-0.15, -0.1) is 0 Å². The van der Waals surface area contributed by atoms with E-state index in [4.69, 9.17) is 34.8 Å². The molecule has 0 N–H and O–H groups in total. The van der Waals surface area contributed by atoms with E-state index in [1.165, 1.54) is 6.07 Å². The molecule has 0 unspecified atom stereocenters. The van der Waals surface area contributed by atoms with Crippen molar-refractivity contribution in [2.75, 3.05) is 0 Å². The van der Waals surface area contributed by atoms with E-state index in [0.29, 0.717) is 19.5 Å². The molecule has 0 spiro atoms. The second-order valence-electron chi connectivity index (χ2n) is 2.80. The van der Waals surface area contributed by atoms with Gasteiger partial charge in [-0.2, -0.15) is 0 Å². The molecule has 0 amide bonds. The SMILES string of the molecule is Fc1c(Cl)cc2ncc(I)c(Cl)c2c1Cl. The van der Waals surface area contributed by atoms with E-state index in [9.17, 15) is 4.39 Å². The highest BCUT2D eigenvalue weighted by Crippen LogP contribution is 2.36. The van der Waals surface area contributed by atoms with Crippen molar-refractivity contribution in [2.45, 2.75) is 0 Å². The molecule has 6 heteroatoms. The summed E-state index contributed by atoms with van der Waals surface area (Å²) in [6.07, 6.45) is 1.58. The molecule has 78 valence electrons. The van der Waals surface area contributed by atoms with Crippen molar-refractivity contribution in [1.29, 1.82) is 0 Å². The third-order valence-electron chi connectivity index (χ3n) is 1.89. The number of nitrogens with zero attached hydrogens (tertiary/aromatic N) is 1. The largest absolute Gasteiger partial charge is 0.255 e. The molecule has 1 aromatic carbocycles. The first-order valence-electron chi connectivity index (χ1n) is 3.79. The molecule has 0 bridgehead atoms. The minimum Gasteiger partial charge on any atom is -0.255 e. The van der Waals surface area contributed by atoms with Crippen molar-refractivity contribution in [3.8, 4) is 0 Å². The van der Waals surface area contributed by atoms with Crippen LogP contribution in [0.5, 0.6) is 0 Å². The van der Waals surface area contributed by atoms with Crippen LogP contribution in [0.2, 0.25) is 15.1 Å². The van der Waals surface area contributed by atoms with Crippen molar-refractivity contribution in [1.82, 2.24) is 4.98 Å². The fraction of sp³-hybridized carbons (Fsp3) is 0. The molecule has 0 saturated heterocycles. The quantitative estimate of drug-likeness (QED) is 0.469. The summed E-state index contributed by atoms with van der Waals surface area (Å²) in [5, 5.41) is 0.638. The minimum absolute atomic E-state index is 0.0581. The van der Waals surface area contributed by atoms with Gasteiger partial charge >= 0.3 is 0 Å². The summed E-state index contributed by atoms with van der Waals surface area (Å²) < 4.78 is 14.1. The van der Waals surface area contributed by atoms with Gasteiger partial charge < -0.3 is 0 Å². The summed E-state index contributed by atoms with van der Waals surface area (Å²) in [5.41, 5.74) is 0.483. The lowest BCUT2D eigenvalue weighted by Gasteiger charge is -2.06. The first kappa shape index (κ1) is 11.6. The third kappa shape index (κ3) is 1.90. The van der Waals surface area contributed by atoms with E-state index in [2.05, 4.69) is 4.98 Å². The van der Waals surface area contributed by atoms with Gasteiger partial charge in [0.2, 0.25) is 0 Å². The van der Waals surface area contributed by atoms with Gasteiger partial charge in [-0.3, -0.25) is 4.98 Å². The first-order valence-corrected chi connectivity index (χ1v) is 6.01. The Morgan fingerprint density at radius 1 is 1.20 bits per heavy atom. The standard InChI is InChI=1S/C9H2Cl3FIN/c10-3-1-5-6(8(12)9(3)13)7(11)4(14)2-15-5/h1-2H. The zero-order valence-corrected chi connectivity index (χ0v) is 11.4. The molecule has 0 aliphatic heterocycles. The number of fused-ring (bicyclic) bond motifs is 1. The lowest BCUT2D eigenvalue weighted by molar-refractivity contribution is 0.630. The molecule has 15 heavy (non-hydrogen) atoms. The molecular weight excluding hydrogens is 374 g/mol. The highest BCUT2D eigenvalue weighted by atomic mass is 127. The van der Waals surface area contributed by atoms with Gasteiger partial charge in [0.05, 0.1) is 24.2 Å². The topological polar surface area (TPSA) is 12.9 Å². The first-order chi connectivity index (χ1) is 7.02. The van der Waals surface area contributed by atoms with Crippen LogP contribution in [-0.4, -0.2) is 4.98 Å². The summed E-state index contributed by atoms with van der Waals surface area (Å²) in [4.78, 5) is 4.08. The number of hydrogen-bond donors (Lipinski definition) is 0. The Morgan fingerprint density at radius 3 is 2.53 bits per heavy atom. The Bertz CT molecular complexity index is 559. The van der Waals surface area contributed by atoms with Crippen LogP contribution in [0.4, 0.5) is 4.39 Å². The molecule has 1 aromatic heterocycles. The van der Waals surface area contributed by atoms with Crippen LogP contribution in [0, 0.1) is 9.39 Å². The maximum atomic E-state index is 13.4. The number of benzene rings is 1. The van der Waals surface area contributed by atoms with Gasteiger partial charge in [-0.25, -0.2) is 4.39 Å². The van der Waals surface area contributed by atoms with Gasteiger partial charge in [0.25, 0.3) is 0 Å². The van der Waals surface area contributed by atoms with E-state index in [1.807, 2.05) is 22.6 Å².